The van der Waals surface area contributed by atoms with E-state index in [0.717, 1.165) is 6.42 Å². The Labute approximate surface area is 174 Å². The standard InChI is InChI=1S/C21H36N4O4/c1-14(2)17(24(7)18(27)12-22-13-26)11-15(3)20(29)25-10-8-9-16(25)19(28)23-21(4,5)6/h11,13-14,16-17H,8-10,12H2,1-7H3,(H,22,26)(H,23,28)/t16-,17+/m0/s1. The molecule has 1 aliphatic rings. The second-order valence-electron chi connectivity index (χ2n) is 8.98. The zero-order chi connectivity index (χ0) is 22.4. The molecule has 0 bridgehead atoms. The molecule has 0 saturated carbocycles. The molecule has 0 unspecified atom stereocenters. The lowest BCUT2D eigenvalue weighted by Crippen LogP contribution is -2.51. The van der Waals surface area contributed by atoms with E-state index < -0.39 is 6.04 Å². The highest BCUT2D eigenvalue weighted by Crippen LogP contribution is 2.22. The summed E-state index contributed by atoms with van der Waals surface area (Å²) < 4.78 is 0. The highest BCUT2D eigenvalue weighted by molar-refractivity contribution is 5.97. The minimum Gasteiger partial charge on any atom is -0.350 e. The highest BCUT2D eigenvalue weighted by atomic mass is 16.2. The van der Waals surface area contributed by atoms with Gasteiger partial charge in [0.1, 0.15) is 6.04 Å². The van der Waals surface area contributed by atoms with Crippen LogP contribution in [0.15, 0.2) is 11.6 Å². The maximum absolute atomic E-state index is 13.1. The molecule has 1 fully saturated rings. The smallest absolute Gasteiger partial charge is 0.249 e. The molecule has 1 saturated heterocycles. The molecule has 2 N–H and O–H groups in total. The fraction of sp³-hybridized carbons (Fsp3) is 0.714. The Balaban J connectivity index is 2.97. The van der Waals surface area contributed by atoms with Gasteiger partial charge in [0.05, 0.1) is 12.6 Å². The van der Waals surface area contributed by atoms with Crippen LogP contribution in [0.1, 0.15) is 54.4 Å². The van der Waals surface area contributed by atoms with Crippen LogP contribution < -0.4 is 10.6 Å². The number of nitrogens with one attached hydrogen (secondary N) is 2. The van der Waals surface area contributed by atoms with Crippen LogP contribution >= 0.6 is 0 Å². The van der Waals surface area contributed by atoms with Crippen molar-refractivity contribution in [3.63, 3.8) is 0 Å². The predicted octanol–water partition coefficient (Wildman–Crippen LogP) is 1.07. The molecular formula is C21H36N4O4. The molecule has 29 heavy (non-hydrogen) atoms. The highest BCUT2D eigenvalue weighted by Gasteiger charge is 2.36. The summed E-state index contributed by atoms with van der Waals surface area (Å²) in [6, 6.07) is -0.775. The minimum atomic E-state index is -0.473. The van der Waals surface area contributed by atoms with E-state index in [1.807, 2.05) is 34.6 Å². The molecule has 0 aliphatic carbocycles. The summed E-state index contributed by atoms with van der Waals surface area (Å²) in [7, 11) is 1.66. The molecule has 1 heterocycles. The number of likely N-dealkylation sites (N-methyl/N-ethyl adjacent to an activating group) is 1. The van der Waals surface area contributed by atoms with Crippen molar-refractivity contribution in [3.05, 3.63) is 11.6 Å². The number of hydrogen-bond donors (Lipinski definition) is 2. The molecule has 0 aromatic carbocycles. The number of carbonyl (C=O) groups excluding carboxylic acids is 4. The monoisotopic (exact) mass is 408 g/mol. The predicted molar refractivity (Wildman–Crippen MR) is 112 cm³/mol. The Morgan fingerprint density at radius 1 is 1.24 bits per heavy atom. The van der Waals surface area contributed by atoms with Gasteiger partial charge in [-0.25, -0.2) is 0 Å². The number of rotatable bonds is 8. The molecule has 1 aliphatic heterocycles. The summed E-state index contributed by atoms with van der Waals surface area (Å²) in [5.41, 5.74) is 0.142. The number of nitrogens with zero attached hydrogens (tertiary/aromatic N) is 2. The van der Waals surface area contributed by atoms with E-state index in [4.69, 9.17) is 0 Å². The largest absolute Gasteiger partial charge is 0.350 e. The third kappa shape index (κ3) is 7.18. The number of hydrogen-bond acceptors (Lipinski definition) is 4. The molecule has 0 radical (unpaired) electrons. The van der Waals surface area contributed by atoms with E-state index in [-0.39, 0.29) is 41.8 Å². The van der Waals surface area contributed by atoms with Crippen LogP contribution in [-0.4, -0.2) is 71.7 Å². The third-order valence-electron chi connectivity index (χ3n) is 4.93. The van der Waals surface area contributed by atoms with Crippen LogP contribution in [-0.2, 0) is 19.2 Å². The van der Waals surface area contributed by atoms with Crippen LogP contribution in [0.2, 0.25) is 0 Å². The van der Waals surface area contributed by atoms with Gasteiger partial charge in [-0.1, -0.05) is 19.9 Å². The summed E-state index contributed by atoms with van der Waals surface area (Å²) in [6.07, 6.45) is 3.69. The summed E-state index contributed by atoms with van der Waals surface area (Å²) in [5, 5.41) is 5.32. The second-order valence-corrected chi connectivity index (χ2v) is 8.98. The summed E-state index contributed by atoms with van der Waals surface area (Å²) in [5.74, 6) is -0.490. The Morgan fingerprint density at radius 2 is 1.86 bits per heavy atom. The van der Waals surface area contributed by atoms with Gasteiger partial charge in [0.2, 0.25) is 24.1 Å². The van der Waals surface area contributed by atoms with Gasteiger partial charge < -0.3 is 20.4 Å². The number of likely N-dealkylation sites (tertiary alicyclic amines) is 1. The zero-order valence-corrected chi connectivity index (χ0v) is 18.7. The second kappa shape index (κ2) is 10.4. The average molecular weight is 409 g/mol. The van der Waals surface area contributed by atoms with Gasteiger partial charge in [-0.2, -0.15) is 0 Å². The van der Waals surface area contributed by atoms with Crippen molar-refractivity contribution in [2.75, 3.05) is 20.1 Å². The number of amides is 4. The normalized spacial score (nSPS) is 18.4. The van der Waals surface area contributed by atoms with Crippen molar-refractivity contribution in [2.24, 2.45) is 5.92 Å². The first-order valence-corrected chi connectivity index (χ1v) is 10.1. The molecule has 0 spiro atoms. The maximum Gasteiger partial charge on any atom is 0.249 e. The van der Waals surface area contributed by atoms with Crippen molar-refractivity contribution in [1.29, 1.82) is 0 Å². The van der Waals surface area contributed by atoms with Crippen LogP contribution in [0.3, 0.4) is 0 Å². The van der Waals surface area contributed by atoms with Crippen molar-refractivity contribution < 1.29 is 19.2 Å². The topological polar surface area (TPSA) is 98.8 Å². The lowest BCUT2D eigenvalue weighted by molar-refractivity contribution is -0.136. The fourth-order valence-corrected chi connectivity index (χ4v) is 3.46. The van der Waals surface area contributed by atoms with Crippen molar-refractivity contribution >= 4 is 24.1 Å². The average Bonchev–Trinajstić information content (AvgIpc) is 3.10. The Hall–Kier alpha value is -2.38. The van der Waals surface area contributed by atoms with E-state index >= 15 is 0 Å². The molecule has 0 aromatic rings. The van der Waals surface area contributed by atoms with Crippen LogP contribution in [0, 0.1) is 5.92 Å². The molecule has 8 heteroatoms. The zero-order valence-electron chi connectivity index (χ0n) is 18.7. The van der Waals surface area contributed by atoms with Crippen molar-refractivity contribution in [1.82, 2.24) is 20.4 Å². The van der Waals surface area contributed by atoms with Gasteiger partial charge in [0, 0.05) is 24.7 Å². The SMILES string of the molecule is CC(=C[C@H](C(C)C)N(C)C(=O)CNC=O)C(=O)N1CCC[C@H]1C(=O)NC(C)(C)C. The van der Waals surface area contributed by atoms with E-state index in [2.05, 4.69) is 10.6 Å². The molecule has 8 nitrogen and oxygen atoms in total. The van der Waals surface area contributed by atoms with Crippen molar-refractivity contribution in [2.45, 2.75) is 72.0 Å². The van der Waals surface area contributed by atoms with E-state index in [9.17, 15) is 19.2 Å². The van der Waals surface area contributed by atoms with Gasteiger partial charge >= 0.3 is 0 Å². The third-order valence-corrected chi connectivity index (χ3v) is 4.93. The van der Waals surface area contributed by atoms with Gasteiger partial charge in [0.15, 0.2) is 0 Å². The van der Waals surface area contributed by atoms with Gasteiger partial charge in [-0.15, -0.1) is 0 Å². The molecule has 2 atom stereocenters. The quantitative estimate of drug-likeness (QED) is 0.464. The Kier molecular flexibility index (Phi) is 8.85. The lowest BCUT2D eigenvalue weighted by atomic mass is 9.99. The number of carbonyl (C=O) groups is 4. The first kappa shape index (κ1) is 24.7. The fourth-order valence-electron chi connectivity index (χ4n) is 3.46. The molecule has 164 valence electrons. The van der Waals surface area contributed by atoms with E-state index in [1.54, 1.807) is 24.9 Å². The summed E-state index contributed by atoms with van der Waals surface area (Å²) in [6.45, 7) is 11.8. The minimum absolute atomic E-state index is 0.0708. The van der Waals surface area contributed by atoms with E-state index in [0.29, 0.717) is 24.9 Å². The van der Waals surface area contributed by atoms with Crippen LogP contribution in [0.25, 0.3) is 0 Å². The molecule has 1 rings (SSSR count). The summed E-state index contributed by atoms with van der Waals surface area (Å²) in [4.78, 5) is 51.5. The van der Waals surface area contributed by atoms with Gasteiger partial charge in [-0.05, 0) is 46.5 Å². The maximum atomic E-state index is 13.1. The molecule has 4 amide bonds. The van der Waals surface area contributed by atoms with E-state index in [1.165, 1.54) is 4.90 Å². The van der Waals surface area contributed by atoms with Crippen LogP contribution in [0.4, 0.5) is 0 Å². The van der Waals surface area contributed by atoms with Crippen LogP contribution in [0.5, 0.6) is 0 Å². The summed E-state index contributed by atoms with van der Waals surface area (Å²) >= 11 is 0. The van der Waals surface area contributed by atoms with Gasteiger partial charge in [-0.3, -0.25) is 19.2 Å². The lowest BCUT2D eigenvalue weighted by Gasteiger charge is -2.31. The van der Waals surface area contributed by atoms with Gasteiger partial charge in [0.25, 0.3) is 0 Å². The van der Waals surface area contributed by atoms with Crippen molar-refractivity contribution in [3.8, 4) is 0 Å². The Morgan fingerprint density at radius 3 is 2.38 bits per heavy atom. The Bertz CT molecular complexity index is 652. The first-order valence-electron chi connectivity index (χ1n) is 10.1. The molecular weight excluding hydrogens is 372 g/mol. The molecule has 0 aromatic heterocycles. The first-order chi connectivity index (χ1) is 13.4.